The summed E-state index contributed by atoms with van der Waals surface area (Å²) in [5.74, 6) is 0.00804. The van der Waals surface area contributed by atoms with E-state index in [1.165, 1.54) is 12.1 Å². The fourth-order valence-electron chi connectivity index (χ4n) is 3.76. The minimum absolute atomic E-state index is 0.0139. The van der Waals surface area contributed by atoms with Crippen molar-refractivity contribution < 1.29 is 9.50 Å². The molecule has 1 saturated heterocycles. The number of hydrogen-bond donors (Lipinski definition) is 2. The zero-order chi connectivity index (χ0) is 23.0. The smallest absolute Gasteiger partial charge is 0.223 e. The van der Waals surface area contributed by atoms with Gasteiger partial charge < -0.3 is 20.6 Å². The van der Waals surface area contributed by atoms with E-state index in [1.54, 1.807) is 6.07 Å². The van der Waals surface area contributed by atoms with E-state index in [4.69, 9.17) is 17.3 Å². The molecule has 0 spiro atoms. The Morgan fingerprint density at radius 1 is 1.25 bits per heavy atom. The summed E-state index contributed by atoms with van der Waals surface area (Å²) in [4.78, 5) is 12.9. The average Bonchev–Trinajstić information content (AvgIpc) is 2.69. The summed E-state index contributed by atoms with van der Waals surface area (Å²) in [7, 11) is 4.02. The molecule has 32 heavy (non-hydrogen) atoms. The Balaban J connectivity index is 1.82. The molecule has 2 heterocycles. The topological polar surface area (TPSA) is 77.5 Å². The van der Waals surface area contributed by atoms with E-state index >= 15 is 4.39 Å². The van der Waals surface area contributed by atoms with E-state index in [-0.39, 0.29) is 28.7 Å². The van der Waals surface area contributed by atoms with Crippen LogP contribution in [0.1, 0.15) is 5.56 Å². The zero-order valence-corrected chi connectivity index (χ0v) is 18.8. The minimum atomic E-state index is -0.535. The summed E-state index contributed by atoms with van der Waals surface area (Å²) in [6.45, 7) is 5.13. The molecule has 8 heteroatoms. The van der Waals surface area contributed by atoms with Crippen LogP contribution in [0, 0.1) is 0 Å². The summed E-state index contributed by atoms with van der Waals surface area (Å²) < 4.78 is 15.6. The van der Waals surface area contributed by atoms with Gasteiger partial charge in [-0.3, -0.25) is 0 Å². The molecule has 0 atom stereocenters. The molecule has 0 bridgehead atoms. The van der Waals surface area contributed by atoms with E-state index in [0.717, 1.165) is 23.9 Å². The molecule has 2 aliphatic heterocycles. The molecule has 6 nitrogen and oxygen atoms in total. The highest BCUT2D eigenvalue weighted by atomic mass is 35.5. The molecule has 2 aromatic rings. The van der Waals surface area contributed by atoms with Crippen LogP contribution in [0.3, 0.4) is 0 Å². The number of benzene rings is 2. The van der Waals surface area contributed by atoms with Gasteiger partial charge in [0.25, 0.3) is 0 Å². The predicted molar refractivity (Wildman–Crippen MR) is 130 cm³/mol. The normalized spacial score (nSPS) is 25.6. The van der Waals surface area contributed by atoms with Crippen LogP contribution in [0.4, 0.5) is 4.39 Å². The third kappa shape index (κ3) is 4.26. The number of phenols is 1. The SMILES string of the molecule is C=C1/C=C(Cl)\C(c2cc(O)cc3ccccc23)=C(\F)C/N=C(N2CC(N(C)C)C2)\N=C/1N. The molecule has 0 aromatic heterocycles. The van der Waals surface area contributed by atoms with Gasteiger partial charge in [-0.05, 0) is 48.6 Å². The van der Waals surface area contributed by atoms with Gasteiger partial charge in [-0.1, -0.05) is 42.4 Å². The maximum atomic E-state index is 15.6. The molecule has 0 aliphatic carbocycles. The highest BCUT2D eigenvalue weighted by Crippen LogP contribution is 2.38. The number of fused-ring (bicyclic) bond motifs is 1. The van der Waals surface area contributed by atoms with E-state index < -0.39 is 5.83 Å². The number of nitrogens with zero attached hydrogens (tertiary/aromatic N) is 4. The van der Waals surface area contributed by atoms with Gasteiger partial charge >= 0.3 is 0 Å². The molecular formula is C24H25ClFN5O. The second-order valence-electron chi connectivity index (χ2n) is 8.15. The van der Waals surface area contributed by atoms with E-state index in [0.29, 0.717) is 23.1 Å². The Morgan fingerprint density at radius 2 is 1.97 bits per heavy atom. The Bertz CT molecular complexity index is 1210. The number of guanidine groups is 1. The van der Waals surface area contributed by atoms with Crippen molar-refractivity contribution in [1.82, 2.24) is 9.80 Å². The maximum absolute atomic E-state index is 15.6. The fourth-order valence-corrected chi connectivity index (χ4v) is 4.09. The lowest BCUT2D eigenvalue weighted by atomic mass is 9.95. The monoisotopic (exact) mass is 453 g/mol. The molecule has 3 N–H and O–H groups in total. The molecule has 166 valence electrons. The lowest BCUT2D eigenvalue weighted by molar-refractivity contribution is 0.123. The van der Waals surface area contributed by atoms with E-state index in [1.807, 2.05) is 43.3 Å². The Labute approximate surface area is 191 Å². The number of rotatable bonds is 2. The van der Waals surface area contributed by atoms with Crippen LogP contribution in [-0.2, 0) is 0 Å². The van der Waals surface area contributed by atoms with Crippen molar-refractivity contribution in [3.05, 3.63) is 71.0 Å². The predicted octanol–water partition coefficient (Wildman–Crippen LogP) is 3.88. The van der Waals surface area contributed by atoms with Crippen molar-refractivity contribution in [2.45, 2.75) is 6.04 Å². The molecule has 0 unspecified atom stereocenters. The number of nitrogens with two attached hydrogens (primary N) is 1. The lowest BCUT2D eigenvalue weighted by Crippen LogP contribution is -2.59. The maximum Gasteiger partial charge on any atom is 0.223 e. The number of allylic oxidation sites excluding steroid dienone is 2. The largest absolute Gasteiger partial charge is 0.508 e. The van der Waals surface area contributed by atoms with Gasteiger partial charge in [0.2, 0.25) is 5.96 Å². The Hall–Kier alpha value is -3.16. The van der Waals surface area contributed by atoms with Crippen LogP contribution in [-0.4, -0.2) is 66.5 Å². The summed E-state index contributed by atoms with van der Waals surface area (Å²) in [6, 6.07) is 10.9. The first kappa shape index (κ1) is 22.0. The van der Waals surface area contributed by atoms with Gasteiger partial charge in [-0.15, -0.1) is 0 Å². The fraction of sp³-hybridized carbons (Fsp3) is 0.250. The Morgan fingerprint density at radius 3 is 2.69 bits per heavy atom. The highest BCUT2D eigenvalue weighted by molar-refractivity contribution is 6.38. The molecule has 2 aromatic carbocycles. The number of hydrogen-bond acceptors (Lipinski definition) is 6. The van der Waals surface area contributed by atoms with Crippen LogP contribution in [0.25, 0.3) is 16.3 Å². The number of halogens is 2. The van der Waals surface area contributed by atoms with Gasteiger partial charge in [0.1, 0.15) is 17.4 Å². The molecule has 0 radical (unpaired) electrons. The van der Waals surface area contributed by atoms with Crippen LogP contribution < -0.4 is 5.73 Å². The number of amidine groups is 1. The second-order valence-corrected chi connectivity index (χ2v) is 8.55. The first-order valence-electron chi connectivity index (χ1n) is 10.2. The van der Waals surface area contributed by atoms with Gasteiger partial charge in [0, 0.05) is 30.3 Å². The quantitative estimate of drug-likeness (QED) is 0.723. The average molecular weight is 454 g/mol. The van der Waals surface area contributed by atoms with Crippen molar-refractivity contribution in [1.29, 1.82) is 0 Å². The number of phenolic OH excluding ortho intramolecular Hbond substituents is 1. The van der Waals surface area contributed by atoms with Gasteiger partial charge in [0.15, 0.2) is 0 Å². The molecule has 0 saturated carbocycles. The van der Waals surface area contributed by atoms with Crippen molar-refractivity contribution >= 4 is 39.7 Å². The van der Waals surface area contributed by atoms with Crippen molar-refractivity contribution in [2.24, 2.45) is 15.7 Å². The number of aliphatic imine (C=N–C) groups is 2. The minimum Gasteiger partial charge on any atom is -0.508 e. The van der Waals surface area contributed by atoms with Gasteiger partial charge in [-0.2, -0.15) is 4.99 Å². The van der Waals surface area contributed by atoms with Crippen molar-refractivity contribution in [2.75, 3.05) is 33.7 Å². The van der Waals surface area contributed by atoms with Crippen LogP contribution in [0.15, 0.2) is 75.5 Å². The molecule has 2 aliphatic rings. The summed E-state index contributed by atoms with van der Waals surface area (Å²) in [5.41, 5.74) is 7.11. The molecule has 0 amide bonds. The Kier molecular flexibility index (Phi) is 6.04. The first-order chi connectivity index (χ1) is 15.2. The van der Waals surface area contributed by atoms with Crippen molar-refractivity contribution in [3.8, 4) is 5.75 Å². The summed E-state index contributed by atoms with van der Waals surface area (Å²) >= 11 is 6.56. The summed E-state index contributed by atoms with van der Waals surface area (Å²) in [6.07, 6.45) is 1.50. The van der Waals surface area contributed by atoms with E-state index in [9.17, 15) is 5.11 Å². The second kappa shape index (κ2) is 8.76. The molecule has 4 rings (SSSR count). The highest BCUT2D eigenvalue weighted by Gasteiger charge is 2.31. The third-order valence-electron chi connectivity index (χ3n) is 5.71. The van der Waals surface area contributed by atoms with Gasteiger partial charge in [0.05, 0.1) is 11.6 Å². The number of likely N-dealkylation sites (N-methyl/N-ethyl adjacent to an activating group) is 1. The van der Waals surface area contributed by atoms with Gasteiger partial charge in [-0.25, -0.2) is 9.38 Å². The van der Waals surface area contributed by atoms with E-state index in [2.05, 4.69) is 21.5 Å². The number of aromatic hydroxyl groups is 1. The summed E-state index contributed by atoms with van der Waals surface area (Å²) in [5, 5.41) is 11.9. The van der Waals surface area contributed by atoms with Crippen LogP contribution in [0.2, 0.25) is 0 Å². The van der Waals surface area contributed by atoms with Crippen molar-refractivity contribution in [3.63, 3.8) is 0 Å². The standard InChI is InChI=1S/C24H25ClFN5O/c1-14-8-20(25)22(19-10-17(32)9-15-6-4-5-7-18(15)19)21(26)11-28-24(29-23(14)27)31-12-16(13-31)30(2)3/h4-10,16,32H,1,11-13H2,2-3H3,(H2,27,28,29)/b20-8+,22-21+. The first-order valence-corrected chi connectivity index (χ1v) is 10.6. The lowest BCUT2D eigenvalue weighted by Gasteiger charge is -2.43. The zero-order valence-electron chi connectivity index (χ0n) is 18.0. The molecular weight excluding hydrogens is 429 g/mol. The van der Waals surface area contributed by atoms with Crippen LogP contribution in [0.5, 0.6) is 5.75 Å². The third-order valence-corrected chi connectivity index (χ3v) is 6.01. The number of likely N-dealkylation sites (tertiary alicyclic amines) is 1. The molecule has 1 fully saturated rings. The van der Waals surface area contributed by atoms with Crippen LogP contribution >= 0.6 is 11.6 Å².